The Morgan fingerprint density at radius 2 is 1.94 bits per heavy atom. The summed E-state index contributed by atoms with van der Waals surface area (Å²) in [6.07, 6.45) is -4.06. The summed E-state index contributed by atoms with van der Waals surface area (Å²) in [5, 5.41) is 3.28. The molecule has 0 aromatic carbocycles. The summed E-state index contributed by atoms with van der Waals surface area (Å²) in [6.45, 7) is 8.32. The standard InChI is InChI=1S/C12H23F3N2/c1-4-16-11-5-10(6-12(13,14)15)7-17(8-11)9(2)3/h9-11,16H,4-8H2,1-3H3. The van der Waals surface area contributed by atoms with Crippen LogP contribution >= 0.6 is 0 Å². The van der Waals surface area contributed by atoms with Crippen LogP contribution in [0, 0.1) is 5.92 Å². The number of nitrogens with one attached hydrogen (secondary N) is 1. The van der Waals surface area contributed by atoms with Crippen molar-refractivity contribution >= 4 is 0 Å². The van der Waals surface area contributed by atoms with Gasteiger partial charge in [-0.05, 0) is 32.7 Å². The number of alkyl halides is 3. The van der Waals surface area contributed by atoms with Gasteiger partial charge in [0.15, 0.2) is 0 Å². The third-order valence-corrected chi connectivity index (χ3v) is 3.31. The highest BCUT2D eigenvalue weighted by atomic mass is 19.4. The summed E-state index contributed by atoms with van der Waals surface area (Å²) in [5.74, 6) is -0.268. The van der Waals surface area contributed by atoms with Crippen LogP contribution in [0.1, 0.15) is 33.6 Å². The first-order chi connectivity index (χ1) is 7.81. The molecule has 1 rings (SSSR count). The second-order valence-electron chi connectivity index (χ2n) is 5.22. The Balaban J connectivity index is 2.58. The van der Waals surface area contributed by atoms with E-state index in [1.54, 1.807) is 0 Å². The van der Waals surface area contributed by atoms with Crippen molar-refractivity contribution in [3.63, 3.8) is 0 Å². The number of piperidine rings is 1. The zero-order valence-electron chi connectivity index (χ0n) is 10.8. The number of nitrogens with zero attached hydrogens (tertiary/aromatic N) is 1. The van der Waals surface area contributed by atoms with E-state index in [-0.39, 0.29) is 12.0 Å². The minimum atomic E-state index is -4.04. The molecule has 1 saturated heterocycles. The van der Waals surface area contributed by atoms with Crippen LogP contribution in [0.5, 0.6) is 0 Å². The van der Waals surface area contributed by atoms with Gasteiger partial charge in [0.2, 0.25) is 0 Å². The van der Waals surface area contributed by atoms with Crippen molar-refractivity contribution in [1.29, 1.82) is 0 Å². The molecule has 17 heavy (non-hydrogen) atoms. The van der Waals surface area contributed by atoms with Gasteiger partial charge in [-0.2, -0.15) is 13.2 Å². The van der Waals surface area contributed by atoms with E-state index in [2.05, 4.69) is 10.2 Å². The van der Waals surface area contributed by atoms with Crippen LogP contribution in [0.25, 0.3) is 0 Å². The van der Waals surface area contributed by atoms with Gasteiger partial charge in [-0.1, -0.05) is 6.92 Å². The van der Waals surface area contributed by atoms with E-state index in [9.17, 15) is 13.2 Å². The maximum absolute atomic E-state index is 12.4. The lowest BCUT2D eigenvalue weighted by Gasteiger charge is -2.40. The van der Waals surface area contributed by atoms with Crippen molar-refractivity contribution in [3.05, 3.63) is 0 Å². The van der Waals surface area contributed by atoms with Crippen LogP contribution in [0.15, 0.2) is 0 Å². The van der Waals surface area contributed by atoms with E-state index in [1.807, 2.05) is 20.8 Å². The molecule has 1 aliphatic heterocycles. The minimum Gasteiger partial charge on any atom is -0.313 e. The number of likely N-dealkylation sites (tertiary alicyclic amines) is 1. The molecule has 2 unspecified atom stereocenters. The van der Waals surface area contributed by atoms with Crippen molar-refractivity contribution in [2.24, 2.45) is 5.92 Å². The van der Waals surface area contributed by atoms with Crippen molar-refractivity contribution < 1.29 is 13.2 Å². The van der Waals surface area contributed by atoms with Crippen LogP contribution < -0.4 is 5.32 Å². The predicted octanol–water partition coefficient (Wildman–Crippen LogP) is 2.65. The fraction of sp³-hybridized carbons (Fsp3) is 1.00. The second kappa shape index (κ2) is 6.05. The molecule has 0 aromatic rings. The first kappa shape index (κ1) is 14.8. The molecule has 0 saturated carbocycles. The maximum Gasteiger partial charge on any atom is 0.389 e. The van der Waals surface area contributed by atoms with Crippen LogP contribution in [-0.2, 0) is 0 Å². The predicted molar refractivity (Wildman–Crippen MR) is 63.0 cm³/mol. The molecule has 0 bridgehead atoms. The Kier molecular flexibility index (Phi) is 5.25. The van der Waals surface area contributed by atoms with Crippen molar-refractivity contribution in [2.75, 3.05) is 19.6 Å². The van der Waals surface area contributed by atoms with Gasteiger partial charge >= 0.3 is 6.18 Å². The van der Waals surface area contributed by atoms with Crippen molar-refractivity contribution in [2.45, 2.75) is 51.9 Å². The van der Waals surface area contributed by atoms with Gasteiger partial charge in [-0.25, -0.2) is 0 Å². The summed E-state index contributed by atoms with van der Waals surface area (Å²) in [4.78, 5) is 2.15. The van der Waals surface area contributed by atoms with Crippen LogP contribution in [-0.4, -0.2) is 42.8 Å². The fourth-order valence-electron chi connectivity index (χ4n) is 2.57. The van der Waals surface area contributed by atoms with Gasteiger partial charge in [0.1, 0.15) is 0 Å². The first-order valence-electron chi connectivity index (χ1n) is 6.36. The van der Waals surface area contributed by atoms with Gasteiger partial charge in [-0.3, -0.25) is 4.90 Å². The molecule has 102 valence electrons. The molecular formula is C12H23F3N2. The lowest BCUT2D eigenvalue weighted by Crippen LogP contribution is -2.52. The molecule has 0 radical (unpaired) electrons. The minimum absolute atomic E-state index is 0.198. The SMILES string of the molecule is CCNC1CC(CC(F)(F)F)CN(C(C)C)C1. The zero-order chi connectivity index (χ0) is 13.1. The summed E-state index contributed by atoms with van der Waals surface area (Å²) >= 11 is 0. The molecule has 1 aliphatic rings. The van der Waals surface area contributed by atoms with E-state index < -0.39 is 12.6 Å². The fourth-order valence-corrected chi connectivity index (χ4v) is 2.57. The normalized spacial score (nSPS) is 27.7. The van der Waals surface area contributed by atoms with Gasteiger partial charge in [0, 0.05) is 31.6 Å². The zero-order valence-corrected chi connectivity index (χ0v) is 10.8. The third kappa shape index (κ3) is 5.25. The van der Waals surface area contributed by atoms with Gasteiger partial charge in [0.25, 0.3) is 0 Å². The number of hydrogen-bond acceptors (Lipinski definition) is 2. The molecule has 0 aliphatic carbocycles. The molecule has 1 heterocycles. The maximum atomic E-state index is 12.4. The van der Waals surface area contributed by atoms with E-state index in [0.29, 0.717) is 19.0 Å². The van der Waals surface area contributed by atoms with E-state index in [4.69, 9.17) is 0 Å². The summed E-state index contributed by atoms with van der Waals surface area (Å²) in [5.41, 5.74) is 0. The molecule has 0 spiro atoms. The smallest absolute Gasteiger partial charge is 0.313 e. The quantitative estimate of drug-likeness (QED) is 0.827. The summed E-state index contributed by atoms with van der Waals surface area (Å²) < 4.78 is 37.3. The molecule has 1 fully saturated rings. The molecule has 2 atom stereocenters. The van der Waals surface area contributed by atoms with Crippen LogP contribution in [0.2, 0.25) is 0 Å². The Hall–Kier alpha value is -0.290. The average Bonchev–Trinajstić information content (AvgIpc) is 2.14. The average molecular weight is 252 g/mol. The molecule has 0 amide bonds. The van der Waals surface area contributed by atoms with Gasteiger partial charge in [0.05, 0.1) is 0 Å². The number of rotatable bonds is 4. The summed E-state index contributed by atoms with van der Waals surface area (Å²) in [6, 6.07) is 0.510. The molecule has 5 heteroatoms. The molecule has 0 aromatic heterocycles. The highest BCUT2D eigenvalue weighted by Gasteiger charge is 2.36. The van der Waals surface area contributed by atoms with Gasteiger partial charge < -0.3 is 5.32 Å². The monoisotopic (exact) mass is 252 g/mol. The topological polar surface area (TPSA) is 15.3 Å². The number of hydrogen-bond donors (Lipinski definition) is 1. The molecule has 1 N–H and O–H groups in total. The molecule has 2 nitrogen and oxygen atoms in total. The Bertz CT molecular complexity index is 228. The van der Waals surface area contributed by atoms with Crippen LogP contribution in [0.3, 0.4) is 0 Å². The van der Waals surface area contributed by atoms with Crippen LogP contribution in [0.4, 0.5) is 13.2 Å². The highest BCUT2D eigenvalue weighted by Crippen LogP contribution is 2.30. The van der Waals surface area contributed by atoms with Crippen molar-refractivity contribution in [3.8, 4) is 0 Å². The third-order valence-electron chi connectivity index (χ3n) is 3.31. The number of likely N-dealkylation sites (N-methyl/N-ethyl adjacent to an activating group) is 1. The molecular weight excluding hydrogens is 229 g/mol. The second-order valence-corrected chi connectivity index (χ2v) is 5.22. The van der Waals surface area contributed by atoms with Crippen molar-refractivity contribution in [1.82, 2.24) is 10.2 Å². The van der Waals surface area contributed by atoms with E-state index >= 15 is 0 Å². The number of halogens is 3. The Morgan fingerprint density at radius 1 is 1.29 bits per heavy atom. The highest BCUT2D eigenvalue weighted by molar-refractivity contribution is 4.85. The first-order valence-corrected chi connectivity index (χ1v) is 6.36. The lowest BCUT2D eigenvalue weighted by atomic mass is 9.90. The summed E-state index contributed by atoms with van der Waals surface area (Å²) in [7, 11) is 0. The largest absolute Gasteiger partial charge is 0.389 e. The lowest BCUT2D eigenvalue weighted by molar-refractivity contribution is -0.149. The van der Waals surface area contributed by atoms with Gasteiger partial charge in [-0.15, -0.1) is 0 Å². The van der Waals surface area contributed by atoms with E-state index in [0.717, 1.165) is 13.1 Å². The Morgan fingerprint density at radius 3 is 2.41 bits per heavy atom. The Labute approximate surface area is 102 Å². The van der Waals surface area contributed by atoms with E-state index in [1.165, 1.54) is 0 Å².